The third-order valence-electron chi connectivity index (χ3n) is 3.47. The van der Waals surface area contributed by atoms with E-state index in [0.29, 0.717) is 12.4 Å². The average Bonchev–Trinajstić information content (AvgIpc) is 2.59. The van der Waals surface area contributed by atoms with E-state index in [2.05, 4.69) is 15.3 Å². The maximum absolute atomic E-state index is 12.2. The first-order valence-corrected chi connectivity index (χ1v) is 7.02. The van der Waals surface area contributed by atoms with Crippen LogP contribution in [-0.4, -0.2) is 35.1 Å². The van der Waals surface area contributed by atoms with E-state index in [0.717, 1.165) is 11.3 Å². The third kappa shape index (κ3) is 3.94. The van der Waals surface area contributed by atoms with Crippen molar-refractivity contribution in [3.8, 4) is 5.88 Å². The zero-order chi connectivity index (χ0) is 15.9. The molecule has 2 aromatic heterocycles. The fourth-order valence-electron chi connectivity index (χ4n) is 1.97. The number of aromatic nitrogens is 2. The summed E-state index contributed by atoms with van der Waals surface area (Å²) in [6.45, 7) is 2.36. The molecular weight excluding hydrogens is 280 g/mol. The number of hydrogen-bond donors (Lipinski definition) is 1. The first-order valence-electron chi connectivity index (χ1n) is 7.02. The molecule has 2 amide bonds. The largest absolute Gasteiger partial charge is 0.481 e. The lowest BCUT2D eigenvalue weighted by Crippen LogP contribution is -2.38. The van der Waals surface area contributed by atoms with Crippen LogP contribution in [-0.2, 0) is 6.54 Å². The molecule has 1 N–H and O–H groups in total. The molecule has 0 radical (unpaired) electrons. The number of nitrogens with zero attached hydrogens (tertiary/aromatic N) is 3. The maximum atomic E-state index is 12.2. The number of methoxy groups -OCH3 is 1. The number of rotatable bonds is 5. The van der Waals surface area contributed by atoms with Gasteiger partial charge in [-0.1, -0.05) is 6.07 Å². The van der Waals surface area contributed by atoms with Crippen LogP contribution in [0.1, 0.15) is 24.2 Å². The molecular formula is C16H20N4O2. The zero-order valence-electron chi connectivity index (χ0n) is 13.0. The van der Waals surface area contributed by atoms with Crippen LogP contribution in [0.15, 0.2) is 42.7 Å². The minimum atomic E-state index is -0.158. The first-order chi connectivity index (χ1) is 10.6. The number of carbonyl (C=O) groups excluding carboxylic acids is 1. The van der Waals surface area contributed by atoms with E-state index in [4.69, 9.17) is 4.74 Å². The Morgan fingerprint density at radius 2 is 2.14 bits per heavy atom. The second-order valence-corrected chi connectivity index (χ2v) is 4.91. The standard InChI is InChI=1S/C16H20N4O2/c1-12(14-6-4-5-8-17-14)20(2)16(21)19-11-13-7-9-18-15(10-13)22-3/h4-10,12H,11H2,1-3H3,(H,19,21). The molecule has 1 unspecified atom stereocenters. The Morgan fingerprint density at radius 1 is 1.32 bits per heavy atom. The predicted molar refractivity (Wildman–Crippen MR) is 83.4 cm³/mol. The molecule has 1 atom stereocenters. The van der Waals surface area contributed by atoms with Gasteiger partial charge in [0.2, 0.25) is 5.88 Å². The van der Waals surface area contributed by atoms with Crippen LogP contribution >= 0.6 is 0 Å². The van der Waals surface area contributed by atoms with Crippen molar-refractivity contribution in [2.45, 2.75) is 19.5 Å². The molecule has 6 heteroatoms. The van der Waals surface area contributed by atoms with Crippen molar-refractivity contribution in [3.63, 3.8) is 0 Å². The lowest BCUT2D eigenvalue weighted by Gasteiger charge is -2.24. The second kappa shape index (κ2) is 7.40. The molecule has 6 nitrogen and oxygen atoms in total. The Kier molecular flexibility index (Phi) is 5.30. The quantitative estimate of drug-likeness (QED) is 0.920. The van der Waals surface area contributed by atoms with Gasteiger partial charge in [0, 0.05) is 32.1 Å². The molecule has 2 aromatic rings. The van der Waals surface area contributed by atoms with Crippen molar-refractivity contribution in [1.82, 2.24) is 20.2 Å². The van der Waals surface area contributed by atoms with Crippen LogP contribution in [0.2, 0.25) is 0 Å². The fourth-order valence-corrected chi connectivity index (χ4v) is 1.97. The molecule has 22 heavy (non-hydrogen) atoms. The highest BCUT2D eigenvalue weighted by Gasteiger charge is 2.17. The molecule has 0 aliphatic rings. The van der Waals surface area contributed by atoms with Crippen LogP contribution < -0.4 is 10.1 Å². The molecule has 0 fully saturated rings. The summed E-state index contributed by atoms with van der Waals surface area (Å²) < 4.78 is 5.06. The average molecular weight is 300 g/mol. The molecule has 0 aromatic carbocycles. The topological polar surface area (TPSA) is 67.3 Å². The molecule has 0 spiro atoms. The highest BCUT2D eigenvalue weighted by molar-refractivity contribution is 5.74. The number of ether oxygens (including phenoxy) is 1. The summed E-state index contributed by atoms with van der Waals surface area (Å²) in [7, 11) is 3.31. The lowest BCUT2D eigenvalue weighted by molar-refractivity contribution is 0.193. The number of hydrogen-bond acceptors (Lipinski definition) is 4. The molecule has 2 heterocycles. The van der Waals surface area contributed by atoms with E-state index >= 15 is 0 Å². The van der Waals surface area contributed by atoms with Crippen molar-refractivity contribution >= 4 is 6.03 Å². The molecule has 0 aliphatic carbocycles. The maximum Gasteiger partial charge on any atom is 0.317 e. The Morgan fingerprint density at radius 3 is 2.82 bits per heavy atom. The number of urea groups is 1. The summed E-state index contributed by atoms with van der Waals surface area (Å²) >= 11 is 0. The highest BCUT2D eigenvalue weighted by Crippen LogP contribution is 2.16. The van der Waals surface area contributed by atoms with Crippen molar-refractivity contribution in [1.29, 1.82) is 0 Å². The van der Waals surface area contributed by atoms with E-state index in [1.165, 1.54) is 0 Å². The fraction of sp³-hybridized carbons (Fsp3) is 0.312. The summed E-state index contributed by atoms with van der Waals surface area (Å²) in [6, 6.07) is 9.04. The SMILES string of the molecule is COc1cc(CNC(=O)N(C)C(C)c2ccccn2)ccn1. The molecule has 0 saturated heterocycles. The van der Waals surface area contributed by atoms with Crippen molar-refractivity contribution in [3.05, 3.63) is 54.0 Å². The van der Waals surface area contributed by atoms with Crippen LogP contribution in [0.25, 0.3) is 0 Å². The smallest absolute Gasteiger partial charge is 0.317 e. The van der Waals surface area contributed by atoms with Gasteiger partial charge in [-0.25, -0.2) is 9.78 Å². The van der Waals surface area contributed by atoms with Crippen LogP contribution in [0.3, 0.4) is 0 Å². The third-order valence-corrected chi connectivity index (χ3v) is 3.47. The first kappa shape index (κ1) is 15.8. The monoisotopic (exact) mass is 300 g/mol. The Bertz CT molecular complexity index is 619. The highest BCUT2D eigenvalue weighted by atomic mass is 16.5. The minimum Gasteiger partial charge on any atom is -0.481 e. The van der Waals surface area contributed by atoms with Gasteiger partial charge in [-0.2, -0.15) is 0 Å². The number of carbonyl (C=O) groups is 1. The number of amides is 2. The van der Waals surface area contributed by atoms with E-state index in [-0.39, 0.29) is 12.1 Å². The van der Waals surface area contributed by atoms with Gasteiger partial charge >= 0.3 is 6.03 Å². The van der Waals surface area contributed by atoms with Gasteiger partial charge in [0.05, 0.1) is 18.8 Å². The summed E-state index contributed by atoms with van der Waals surface area (Å²) in [5.41, 5.74) is 1.78. The Balaban J connectivity index is 1.93. The summed E-state index contributed by atoms with van der Waals surface area (Å²) in [5.74, 6) is 0.530. The van der Waals surface area contributed by atoms with Crippen molar-refractivity contribution in [2.75, 3.05) is 14.2 Å². The van der Waals surface area contributed by atoms with Crippen LogP contribution in [0.4, 0.5) is 4.79 Å². The number of nitrogens with one attached hydrogen (secondary N) is 1. The van der Waals surface area contributed by atoms with E-state index in [9.17, 15) is 4.79 Å². The van der Waals surface area contributed by atoms with Gasteiger partial charge in [0.1, 0.15) is 0 Å². The zero-order valence-corrected chi connectivity index (χ0v) is 13.0. The van der Waals surface area contributed by atoms with Crippen LogP contribution in [0, 0.1) is 0 Å². The second-order valence-electron chi connectivity index (χ2n) is 4.91. The van der Waals surface area contributed by atoms with Crippen molar-refractivity contribution < 1.29 is 9.53 Å². The molecule has 2 rings (SSSR count). The van der Waals surface area contributed by atoms with E-state index in [1.54, 1.807) is 37.5 Å². The normalized spacial score (nSPS) is 11.6. The molecule has 0 saturated carbocycles. The molecule has 116 valence electrons. The Labute approximate surface area is 130 Å². The van der Waals surface area contributed by atoms with Gasteiger partial charge in [0.15, 0.2) is 0 Å². The predicted octanol–water partition coefficient (Wildman–Crippen LogP) is 2.39. The van der Waals surface area contributed by atoms with Gasteiger partial charge < -0.3 is 15.0 Å². The summed E-state index contributed by atoms with van der Waals surface area (Å²) in [4.78, 5) is 22.2. The Hall–Kier alpha value is -2.63. The summed E-state index contributed by atoms with van der Waals surface area (Å²) in [5, 5.41) is 2.88. The van der Waals surface area contributed by atoms with E-state index < -0.39 is 0 Å². The van der Waals surface area contributed by atoms with Crippen molar-refractivity contribution in [2.24, 2.45) is 0 Å². The summed E-state index contributed by atoms with van der Waals surface area (Å²) in [6.07, 6.45) is 3.38. The van der Waals surface area contributed by atoms with Gasteiger partial charge in [-0.3, -0.25) is 4.98 Å². The molecule has 0 bridgehead atoms. The van der Waals surface area contributed by atoms with Gasteiger partial charge in [-0.15, -0.1) is 0 Å². The lowest BCUT2D eigenvalue weighted by atomic mass is 10.2. The molecule has 0 aliphatic heterocycles. The van der Waals surface area contributed by atoms with Gasteiger partial charge in [-0.05, 0) is 30.7 Å². The van der Waals surface area contributed by atoms with Crippen LogP contribution in [0.5, 0.6) is 5.88 Å². The minimum absolute atomic E-state index is 0.104. The van der Waals surface area contributed by atoms with Gasteiger partial charge in [0.25, 0.3) is 0 Å². The number of pyridine rings is 2. The van der Waals surface area contributed by atoms with E-state index in [1.807, 2.05) is 31.2 Å².